The van der Waals surface area contributed by atoms with Gasteiger partial charge in [-0.05, 0) is 35.7 Å². The highest BCUT2D eigenvalue weighted by molar-refractivity contribution is 5.55. The third-order valence-electron chi connectivity index (χ3n) is 6.67. The molecule has 1 aromatic carbocycles. The highest BCUT2D eigenvalue weighted by atomic mass is 16.5. The summed E-state index contributed by atoms with van der Waals surface area (Å²) in [6.45, 7) is 5.86. The number of aryl methyl sites for hydroxylation is 1. The Morgan fingerprint density at radius 3 is 2.79 bits per heavy atom. The smallest absolute Gasteiger partial charge is 0.274 e. The number of benzene rings is 1. The second-order valence-corrected chi connectivity index (χ2v) is 8.89. The Hall–Kier alpha value is -3.78. The van der Waals surface area contributed by atoms with Crippen LogP contribution < -0.4 is 15.4 Å². The van der Waals surface area contributed by atoms with E-state index < -0.39 is 0 Å². The maximum absolute atomic E-state index is 12.3. The summed E-state index contributed by atoms with van der Waals surface area (Å²) in [6, 6.07) is 16.0. The molecule has 0 spiro atoms. The quantitative estimate of drug-likeness (QED) is 0.471. The van der Waals surface area contributed by atoms with Gasteiger partial charge in [0.15, 0.2) is 11.5 Å². The van der Waals surface area contributed by atoms with Crippen molar-refractivity contribution < 1.29 is 4.74 Å². The monoisotopic (exact) mass is 454 g/mol. The summed E-state index contributed by atoms with van der Waals surface area (Å²) in [6.07, 6.45) is 4.41. The molecule has 8 nitrogen and oxygen atoms in total. The molecule has 6 rings (SSSR count). The average molecular weight is 455 g/mol. The number of fused-ring (bicyclic) bond motifs is 2. The Morgan fingerprint density at radius 2 is 1.91 bits per heavy atom. The first-order chi connectivity index (χ1) is 16.7. The van der Waals surface area contributed by atoms with E-state index in [9.17, 15) is 4.79 Å². The van der Waals surface area contributed by atoms with Gasteiger partial charge in [0.25, 0.3) is 5.56 Å². The van der Waals surface area contributed by atoms with Crippen molar-refractivity contribution in [1.29, 1.82) is 0 Å². The van der Waals surface area contributed by atoms with Crippen LogP contribution in [0.3, 0.4) is 0 Å². The standard InChI is InChI=1S/C26H26N6O2/c1-18-13-24-27-9-7-25(33)32(24)29-26(18)31-10-8-22-20(16-31)14-21(15-28-22)30-11-12-34-23(17-30)19-5-3-2-4-6-19/h2-7,9,13-15,23H,8,10-12,16-17H2,1H3. The lowest BCUT2D eigenvalue weighted by molar-refractivity contribution is 0.0398. The average Bonchev–Trinajstić information content (AvgIpc) is 2.88. The van der Waals surface area contributed by atoms with Crippen molar-refractivity contribution >= 4 is 17.2 Å². The minimum absolute atomic E-state index is 0.0545. The predicted molar refractivity (Wildman–Crippen MR) is 130 cm³/mol. The molecule has 3 aromatic heterocycles. The van der Waals surface area contributed by atoms with Crippen LogP contribution in [0.15, 0.2) is 65.7 Å². The van der Waals surface area contributed by atoms with E-state index in [0.717, 1.165) is 48.8 Å². The molecule has 0 N–H and O–H groups in total. The molecule has 0 bridgehead atoms. The van der Waals surface area contributed by atoms with Crippen molar-refractivity contribution in [2.75, 3.05) is 36.0 Å². The molecular formula is C26H26N6O2. The van der Waals surface area contributed by atoms with Crippen molar-refractivity contribution in [3.63, 3.8) is 0 Å². The van der Waals surface area contributed by atoms with Gasteiger partial charge in [0.2, 0.25) is 0 Å². The molecule has 0 saturated carbocycles. The summed E-state index contributed by atoms with van der Waals surface area (Å²) in [5.41, 5.74) is 6.05. The van der Waals surface area contributed by atoms with Crippen LogP contribution in [-0.2, 0) is 17.7 Å². The van der Waals surface area contributed by atoms with Gasteiger partial charge in [-0.1, -0.05) is 30.3 Å². The molecule has 4 aromatic rings. The maximum Gasteiger partial charge on any atom is 0.274 e. The Kier molecular flexibility index (Phi) is 5.22. The van der Waals surface area contributed by atoms with Gasteiger partial charge in [-0.25, -0.2) is 4.98 Å². The van der Waals surface area contributed by atoms with E-state index in [1.165, 1.54) is 27.9 Å². The van der Waals surface area contributed by atoms with Crippen LogP contribution in [-0.4, -0.2) is 45.8 Å². The zero-order valence-electron chi connectivity index (χ0n) is 19.1. The van der Waals surface area contributed by atoms with Gasteiger partial charge in [-0.2, -0.15) is 4.52 Å². The fraction of sp³-hybridized carbons (Fsp3) is 0.308. The summed E-state index contributed by atoms with van der Waals surface area (Å²) in [5, 5.41) is 4.65. The van der Waals surface area contributed by atoms with Crippen LogP contribution in [0.5, 0.6) is 0 Å². The Bertz CT molecular complexity index is 1400. The lowest BCUT2D eigenvalue weighted by Crippen LogP contribution is -2.39. The third kappa shape index (κ3) is 3.80. The third-order valence-corrected chi connectivity index (χ3v) is 6.67. The Morgan fingerprint density at radius 1 is 1.03 bits per heavy atom. The summed E-state index contributed by atoms with van der Waals surface area (Å²) in [4.78, 5) is 26.0. The van der Waals surface area contributed by atoms with Gasteiger partial charge in [0, 0.05) is 50.6 Å². The molecular weight excluding hydrogens is 428 g/mol. The number of nitrogens with zero attached hydrogens (tertiary/aromatic N) is 6. The summed E-state index contributed by atoms with van der Waals surface area (Å²) >= 11 is 0. The molecule has 5 heterocycles. The normalized spacial score (nSPS) is 18.2. The SMILES string of the molecule is Cc1cc2nccc(=O)n2nc1N1CCc2ncc(N3CCOC(c4ccccc4)C3)cc2C1. The first kappa shape index (κ1) is 20.8. The van der Waals surface area contributed by atoms with Crippen LogP contribution in [0.1, 0.15) is 28.5 Å². The lowest BCUT2D eigenvalue weighted by Gasteiger charge is -2.36. The van der Waals surface area contributed by atoms with Gasteiger partial charge >= 0.3 is 0 Å². The molecule has 1 saturated heterocycles. The molecule has 34 heavy (non-hydrogen) atoms. The molecule has 0 aliphatic carbocycles. The van der Waals surface area contributed by atoms with Gasteiger partial charge in [0.05, 0.1) is 18.5 Å². The van der Waals surface area contributed by atoms with Crippen molar-refractivity contribution in [3.05, 3.63) is 93.7 Å². The van der Waals surface area contributed by atoms with Crippen molar-refractivity contribution in [2.24, 2.45) is 0 Å². The topological polar surface area (TPSA) is 75.9 Å². The van der Waals surface area contributed by atoms with Crippen LogP contribution in [0, 0.1) is 6.92 Å². The lowest BCUT2D eigenvalue weighted by atomic mass is 10.0. The zero-order chi connectivity index (χ0) is 23.1. The number of hydrogen-bond acceptors (Lipinski definition) is 7. The van der Waals surface area contributed by atoms with Gasteiger partial charge in [-0.3, -0.25) is 9.78 Å². The molecule has 8 heteroatoms. The molecule has 172 valence electrons. The van der Waals surface area contributed by atoms with Crippen LogP contribution in [0.2, 0.25) is 0 Å². The predicted octanol–water partition coefficient (Wildman–Crippen LogP) is 2.93. The maximum atomic E-state index is 12.3. The number of aromatic nitrogens is 4. The van der Waals surface area contributed by atoms with Crippen molar-refractivity contribution in [1.82, 2.24) is 19.6 Å². The van der Waals surface area contributed by atoms with Crippen LogP contribution in [0.25, 0.3) is 5.65 Å². The number of hydrogen-bond donors (Lipinski definition) is 0. The highest BCUT2D eigenvalue weighted by Gasteiger charge is 2.25. The number of rotatable bonds is 3. The zero-order valence-corrected chi connectivity index (χ0v) is 19.1. The minimum Gasteiger partial charge on any atom is -0.370 e. The van der Waals surface area contributed by atoms with Crippen molar-refractivity contribution in [3.8, 4) is 0 Å². The van der Waals surface area contributed by atoms with E-state index in [1.54, 1.807) is 0 Å². The Balaban J connectivity index is 1.27. The van der Waals surface area contributed by atoms with E-state index in [0.29, 0.717) is 18.8 Å². The summed E-state index contributed by atoms with van der Waals surface area (Å²) in [7, 11) is 0. The van der Waals surface area contributed by atoms with Gasteiger partial charge in [-0.15, -0.1) is 5.10 Å². The molecule has 1 atom stereocenters. The fourth-order valence-corrected chi connectivity index (χ4v) is 4.88. The van der Waals surface area contributed by atoms with E-state index in [2.05, 4.69) is 50.2 Å². The molecule has 2 aliphatic rings. The van der Waals surface area contributed by atoms with Crippen LogP contribution >= 0.6 is 0 Å². The minimum atomic E-state index is -0.173. The summed E-state index contributed by atoms with van der Waals surface area (Å²) < 4.78 is 7.43. The number of pyridine rings is 1. The Labute approximate surface area is 197 Å². The second kappa shape index (κ2) is 8.53. The van der Waals surface area contributed by atoms with Gasteiger partial charge < -0.3 is 14.5 Å². The van der Waals surface area contributed by atoms with Crippen LogP contribution in [0.4, 0.5) is 11.5 Å². The molecule has 1 unspecified atom stereocenters. The van der Waals surface area contributed by atoms with E-state index in [1.807, 2.05) is 25.3 Å². The molecule has 0 radical (unpaired) electrons. The summed E-state index contributed by atoms with van der Waals surface area (Å²) in [5.74, 6) is 0.814. The fourth-order valence-electron chi connectivity index (χ4n) is 4.88. The number of ether oxygens (including phenoxy) is 1. The first-order valence-corrected chi connectivity index (χ1v) is 11.7. The number of morpholine rings is 1. The first-order valence-electron chi connectivity index (χ1n) is 11.7. The van der Waals surface area contributed by atoms with Crippen molar-refractivity contribution in [2.45, 2.75) is 26.0 Å². The highest BCUT2D eigenvalue weighted by Crippen LogP contribution is 2.30. The second-order valence-electron chi connectivity index (χ2n) is 8.89. The van der Waals surface area contributed by atoms with E-state index in [-0.39, 0.29) is 11.7 Å². The molecule has 0 amide bonds. The molecule has 2 aliphatic heterocycles. The number of anilines is 2. The van der Waals surface area contributed by atoms with E-state index >= 15 is 0 Å². The molecule has 1 fully saturated rings. The van der Waals surface area contributed by atoms with E-state index in [4.69, 9.17) is 9.72 Å². The largest absolute Gasteiger partial charge is 0.370 e. The van der Waals surface area contributed by atoms with Gasteiger partial charge in [0.1, 0.15) is 6.10 Å².